The number of anilines is 1. The van der Waals surface area contributed by atoms with Crippen LogP contribution in [0.5, 0.6) is 5.75 Å². The number of methoxy groups -OCH3 is 1. The zero-order valence-electron chi connectivity index (χ0n) is 14.1. The Labute approximate surface area is 136 Å². The highest BCUT2D eigenvalue weighted by atomic mass is 16.5. The number of hydrogen-bond donors (Lipinski definition) is 0. The van der Waals surface area contributed by atoms with Crippen LogP contribution in [-0.4, -0.2) is 28.8 Å². The van der Waals surface area contributed by atoms with Crippen molar-refractivity contribution in [3.8, 4) is 5.75 Å². The number of rotatable bonds is 5. The first-order valence-electron chi connectivity index (χ1n) is 7.99. The van der Waals surface area contributed by atoms with Crippen molar-refractivity contribution in [2.24, 2.45) is 13.0 Å². The van der Waals surface area contributed by atoms with E-state index in [0.717, 1.165) is 17.1 Å². The van der Waals surface area contributed by atoms with E-state index in [1.165, 1.54) is 12.8 Å². The summed E-state index contributed by atoms with van der Waals surface area (Å²) >= 11 is 0. The van der Waals surface area contributed by atoms with Crippen molar-refractivity contribution >= 4 is 11.6 Å². The van der Waals surface area contributed by atoms with E-state index in [-0.39, 0.29) is 11.9 Å². The molecule has 1 aliphatic rings. The molecule has 1 aromatic carbocycles. The third-order valence-electron chi connectivity index (χ3n) is 4.75. The van der Waals surface area contributed by atoms with Crippen molar-refractivity contribution < 1.29 is 9.53 Å². The van der Waals surface area contributed by atoms with Crippen molar-refractivity contribution in [3.63, 3.8) is 0 Å². The molecule has 0 bridgehead atoms. The van der Waals surface area contributed by atoms with Crippen LogP contribution < -0.4 is 9.64 Å². The number of benzene rings is 1. The number of aryl methyl sites for hydroxylation is 1. The molecule has 5 heteroatoms. The van der Waals surface area contributed by atoms with E-state index >= 15 is 0 Å². The van der Waals surface area contributed by atoms with E-state index in [2.05, 4.69) is 12.0 Å². The maximum atomic E-state index is 13.1. The third kappa shape index (κ3) is 2.96. The predicted octanol–water partition coefficient (Wildman–Crippen LogP) is 3.18. The molecule has 1 fully saturated rings. The van der Waals surface area contributed by atoms with E-state index in [1.54, 1.807) is 18.0 Å². The monoisotopic (exact) mass is 313 g/mol. The van der Waals surface area contributed by atoms with Crippen LogP contribution in [0.1, 0.15) is 35.8 Å². The Kier molecular flexibility index (Phi) is 4.11. The number of hydrogen-bond acceptors (Lipinski definition) is 3. The maximum Gasteiger partial charge on any atom is 0.261 e. The van der Waals surface area contributed by atoms with Crippen molar-refractivity contribution in [3.05, 3.63) is 41.7 Å². The molecule has 0 N–H and O–H groups in total. The van der Waals surface area contributed by atoms with Gasteiger partial charge in [0, 0.05) is 24.5 Å². The van der Waals surface area contributed by atoms with Gasteiger partial charge in [0.25, 0.3) is 5.91 Å². The van der Waals surface area contributed by atoms with E-state index in [1.807, 2.05) is 43.1 Å². The Morgan fingerprint density at radius 2 is 2.00 bits per heavy atom. The van der Waals surface area contributed by atoms with Gasteiger partial charge < -0.3 is 9.64 Å². The lowest BCUT2D eigenvalue weighted by Gasteiger charge is -2.29. The minimum Gasteiger partial charge on any atom is -0.497 e. The summed E-state index contributed by atoms with van der Waals surface area (Å²) in [7, 11) is 3.50. The van der Waals surface area contributed by atoms with Crippen LogP contribution in [0, 0.1) is 12.8 Å². The van der Waals surface area contributed by atoms with Gasteiger partial charge in [0.1, 0.15) is 5.75 Å². The summed E-state index contributed by atoms with van der Waals surface area (Å²) in [6.07, 6.45) is 4.04. The fraction of sp³-hybridized carbons (Fsp3) is 0.444. The highest BCUT2D eigenvalue weighted by Gasteiger charge is 2.36. The normalized spacial score (nSPS) is 15.3. The summed E-state index contributed by atoms with van der Waals surface area (Å²) in [5.74, 6) is 1.39. The highest BCUT2D eigenvalue weighted by Crippen LogP contribution is 2.38. The average Bonchev–Trinajstić information content (AvgIpc) is 3.35. The molecule has 2 aromatic rings. The number of carbonyl (C=O) groups is 1. The van der Waals surface area contributed by atoms with Gasteiger partial charge >= 0.3 is 0 Å². The van der Waals surface area contributed by atoms with E-state index in [0.29, 0.717) is 11.5 Å². The van der Waals surface area contributed by atoms with Gasteiger partial charge in [-0.05, 0) is 56.9 Å². The molecule has 23 heavy (non-hydrogen) atoms. The summed E-state index contributed by atoms with van der Waals surface area (Å²) in [5, 5.41) is 4.21. The number of carbonyl (C=O) groups excluding carboxylic acids is 1. The molecular formula is C18H23N3O2. The molecule has 0 spiro atoms. The van der Waals surface area contributed by atoms with Gasteiger partial charge in [0.2, 0.25) is 0 Å². The lowest BCUT2D eigenvalue weighted by atomic mass is 10.1. The molecule has 0 aliphatic heterocycles. The summed E-state index contributed by atoms with van der Waals surface area (Å²) < 4.78 is 6.96. The number of nitrogens with zero attached hydrogens (tertiary/aromatic N) is 3. The van der Waals surface area contributed by atoms with Gasteiger partial charge in [-0.25, -0.2) is 0 Å². The first-order valence-corrected chi connectivity index (χ1v) is 7.99. The summed E-state index contributed by atoms with van der Waals surface area (Å²) in [4.78, 5) is 15.1. The van der Waals surface area contributed by atoms with E-state index < -0.39 is 0 Å². The maximum absolute atomic E-state index is 13.1. The van der Waals surface area contributed by atoms with Gasteiger partial charge in [0.15, 0.2) is 0 Å². The van der Waals surface area contributed by atoms with Crippen LogP contribution in [-0.2, 0) is 7.05 Å². The third-order valence-corrected chi connectivity index (χ3v) is 4.75. The Morgan fingerprint density at radius 3 is 2.48 bits per heavy atom. The van der Waals surface area contributed by atoms with Gasteiger partial charge in [-0.3, -0.25) is 9.48 Å². The molecule has 1 atom stereocenters. The highest BCUT2D eigenvalue weighted by molar-refractivity contribution is 6.07. The van der Waals surface area contributed by atoms with Gasteiger partial charge in [-0.2, -0.15) is 5.10 Å². The molecule has 0 radical (unpaired) electrons. The van der Waals surface area contributed by atoms with Crippen LogP contribution in [0.15, 0.2) is 30.5 Å². The molecule has 0 unspecified atom stereocenters. The van der Waals surface area contributed by atoms with Crippen molar-refractivity contribution in [2.75, 3.05) is 12.0 Å². The SMILES string of the molecule is COc1ccc(N(C(=O)c2cnn(C)c2C)[C@H](C)C2CC2)cc1. The van der Waals surface area contributed by atoms with Gasteiger partial charge in [-0.1, -0.05) is 0 Å². The minimum atomic E-state index is 0.0140. The lowest BCUT2D eigenvalue weighted by molar-refractivity contribution is 0.0975. The second-order valence-corrected chi connectivity index (χ2v) is 6.22. The fourth-order valence-corrected chi connectivity index (χ4v) is 2.91. The smallest absolute Gasteiger partial charge is 0.261 e. The predicted molar refractivity (Wildman–Crippen MR) is 89.9 cm³/mol. The minimum absolute atomic E-state index is 0.0140. The molecule has 1 heterocycles. The number of aromatic nitrogens is 2. The van der Waals surface area contributed by atoms with Crippen LogP contribution in [0.3, 0.4) is 0 Å². The molecule has 5 nitrogen and oxygen atoms in total. The molecular weight excluding hydrogens is 290 g/mol. The van der Waals surface area contributed by atoms with Crippen LogP contribution in [0.25, 0.3) is 0 Å². The first kappa shape index (κ1) is 15.6. The van der Waals surface area contributed by atoms with Crippen LogP contribution in [0.4, 0.5) is 5.69 Å². The van der Waals surface area contributed by atoms with Crippen molar-refractivity contribution in [1.29, 1.82) is 0 Å². The second-order valence-electron chi connectivity index (χ2n) is 6.22. The quantitative estimate of drug-likeness (QED) is 0.852. The first-order chi connectivity index (χ1) is 11.0. The Bertz CT molecular complexity index is 702. The Morgan fingerprint density at radius 1 is 1.35 bits per heavy atom. The molecule has 1 aliphatic carbocycles. The van der Waals surface area contributed by atoms with Crippen molar-refractivity contribution in [1.82, 2.24) is 9.78 Å². The molecule has 1 aromatic heterocycles. The van der Waals surface area contributed by atoms with Gasteiger partial charge in [0.05, 0.1) is 18.9 Å². The Balaban J connectivity index is 1.97. The van der Waals surface area contributed by atoms with Crippen LogP contribution in [0.2, 0.25) is 0 Å². The number of amides is 1. The summed E-state index contributed by atoms with van der Waals surface area (Å²) in [6.45, 7) is 4.06. The molecule has 1 saturated carbocycles. The zero-order valence-corrected chi connectivity index (χ0v) is 14.1. The zero-order chi connectivity index (χ0) is 16.6. The van der Waals surface area contributed by atoms with E-state index in [9.17, 15) is 4.79 Å². The van der Waals surface area contributed by atoms with Crippen molar-refractivity contribution in [2.45, 2.75) is 32.7 Å². The second kappa shape index (κ2) is 6.07. The summed E-state index contributed by atoms with van der Waals surface area (Å²) in [5.41, 5.74) is 2.45. The molecule has 0 saturated heterocycles. The molecule has 3 rings (SSSR count). The van der Waals surface area contributed by atoms with Gasteiger partial charge in [-0.15, -0.1) is 0 Å². The van der Waals surface area contributed by atoms with E-state index in [4.69, 9.17) is 4.74 Å². The summed E-state index contributed by atoms with van der Waals surface area (Å²) in [6, 6.07) is 7.86. The lowest BCUT2D eigenvalue weighted by Crippen LogP contribution is -2.40. The molecule has 122 valence electrons. The Hall–Kier alpha value is -2.30. The average molecular weight is 313 g/mol. The largest absolute Gasteiger partial charge is 0.497 e. The number of ether oxygens (including phenoxy) is 1. The molecule has 1 amide bonds. The fourth-order valence-electron chi connectivity index (χ4n) is 2.91. The van der Waals surface area contributed by atoms with Crippen LogP contribution >= 0.6 is 0 Å². The topological polar surface area (TPSA) is 47.4 Å². The standard InChI is InChI=1S/C18H23N3O2/c1-12(14-5-6-14)21(15-7-9-16(23-4)10-8-15)18(22)17-11-19-20(3)13(17)2/h7-12,14H,5-6H2,1-4H3/t12-/m1/s1.